The van der Waals surface area contributed by atoms with Crippen LogP contribution in [0.1, 0.15) is 12.0 Å². The van der Waals surface area contributed by atoms with Gasteiger partial charge in [0.05, 0.1) is 5.92 Å². The summed E-state index contributed by atoms with van der Waals surface area (Å²) in [7, 11) is 0. The highest BCUT2D eigenvalue weighted by molar-refractivity contribution is 9.10. The summed E-state index contributed by atoms with van der Waals surface area (Å²) < 4.78 is 0.959. The standard InChI is InChI=1S/C12H13BrO2/c1-2-5-10(12(14)15)8-9-6-3-4-7-11(9)13/h2-4,6-7,10H,1,5,8H2,(H,14,15). The number of carboxylic acid groups (broad SMARTS) is 1. The fraction of sp³-hybridized carbons (Fsp3) is 0.250. The molecule has 0 aliphatic carbocycles. The van der Waals surface area contributed by atoms with E-state index in [1.807, 2.05) is 24.3 Å². The second kappa shape index (κ2) is 5.71. The number of rotatable bonds is 5. The molecule has 1 aromatic carbocycles. The highest BCUT2D eigenvalue weighted by atomic mass is 79.9. The topological polar surface area (TPSA) is 37.3 Å². The Bertz CT molecular complexity index is 360. The van der Waals surface area contributed by atoms with Crippen LogP contribution in [0, 0.1) is 5.92 Å². The molecular formula is C12H13BrO2. The lowest BCUT2D eigenvalue weighted by atomic mass is 9.96. The molecule has 0 radical (unpaired) electrons. The average Bonchev–Trinajstić information content (AvgIpc) is 2.20. The minimum atomic E-state index is -0.773. The predicted octanol–water partition coefficient (Wildman–Crippen LogP) is 3.27. The van der Waals surface area contributed by atoms with Gasteiger partial charge >= 0.3 is 5.97 Å². The Morgan fingerprint density at radius 3 is 2.73 bits per heavy atom. The number of carbonyl (C=O) groups is 1. The molecule has 0 saturated carbocycles. The average molecular weight is 269 g/mol. The Morgan fingerprint density at radius 1 is 1.53 bits per heavy atom. The molecular weight excluding hydrogens is 256 g/mol. The first-order valence-electron chi connectivity index (χ1n) is 4.72. The van der Waals surface area contributed by atoms with Gasteiger partial charge in [0.1, 0.15) is 0 Å². The quantitative estimate of drug-likeness (QED) is 0.833. The van der Waals surface area contributed by atoms with Gasteiger partial charge in [-0.25, -0.2) is 0 Å². The minimum Gasteiger partial charge on any atom is -0.481 e. The number of aliphatic carboxylic acids is 1. The predicted molar refractivity (Wildman–Crippen MR) is 63.8 cm³/mol. The molecule has 0 fully saturated rings. The summed E-state index contributed by atoms with van der Waals surface area (Å²) in [4.78, 5) is 10.9. The summed E-state index contributed by atoms with van der Waals surface area (Å²) >= 11 is 3.41. The first kappa shape index (κ1) is 12.0. The van der Waals surface area contributed by atoms with Crippen LogP contribution in [0.3, 0.4) is 0 Å². The summed E-state index contributed by atoms with van der Waals surface area (Å²) in [5.41, 5.74) is 1.02. The van der Waals surface area contributed by atoms with Crippen LogP contribution in [-0.2, 0) is 11.2 Å². The molecule has 1 aromatic rings. The number of benzene rings is 1. The molecule has 2 nitrogen and oxygen atoms in total. The van der Waals surface area contributed by atoms with Gasteiger partial charge in [-0.05, 0) is 24.5 Å². The number of allylic oxidation sites excluding steroid dienone is 1. The molecule has 1 unspecified atom stereocenters. The van der Waals surface area contributed by atoms with Gasteiger partial charge in [-0.15, -0.1) is 6.58 Å². The fourth-order valence-electron chi connectivity index (χ4n) is 1.40. The van der Waals surface area contributed by atoms with Gasteiger partial charge in [-0.1, -0.05) is 40.2 Å². The van der Waals surface area contributed by atoms with Crippen molar-refractivity contribution in [2.75, 3.05) is 0 Å². The molecule has 1 rings (SSSR count). The van der Waals surface area contributed by atoms with E-state index in [0.717, 1.165) is 10.0 Å². The third kappa shape index (κ3) is 3.51. The van der Waals surface area contributed by atoms with Gasteiger partial charge in [-0.2, -0.15) is 0 Å². The lowest BCUT2D eigenvalue weighted by Crippen LogP contribution is -2.15. The highest BCUT2D eigenvalue weighted by Gasteiger charge is 2.17. The van der Waals surface area contributed by atoms with Crippen LogP contribution in [-0.4, -0.2) is 11.1 Å². The number of hydrogen-bond donors (Lipinski definition) is 1. The van der Waals surface area contributed by atoms with Crippen molar-refractivity contribution < 1.29 is 9.90 Å². The van der Waals surface area contributed by atoms with Gasteiger partial charge in [0, 0.05) is 4.47 Å². The van der Waals surface area contributed by atoms with Gasteiger partial charge < -0.3 is 5.11 Å². The number of hydrogen-bond acceptors (Lipinski definition) is 1. The van der Waals surface area contributed by atoms with E-state index in [0.29, 0.717) is 12.8 Å². The van der Waals surface area contributed by atoms with E-state index in [2.05, 4.69) is 22.5 Å². The van der Waals surface area contributed by atoms with Crippen LogP contribution >= 0.6 is 15.9 Å². The summed E-state index contributed by atoms with van der Waals surface area (Å²) in [6.45, 7) is 3.57. The van der Waals surface area contributed by atoms with Crippen molar-refractivity contribution in [2.45, 2.75) is 12.8 Å². The monoisotopic (exact) mass is 268 g/mol. The largest absolute Gasteiger partial charge is 0.481 e. The molecule has 0 spiro atoms. The Labute approximate surface area is 97.8 Å². The molecule has 15 heavy (non-hydrogen) atoms. The molecule has 0 aromatic heterocycles. The third-order valence-corrected chi connectivity index (χ3v) is 3.00. The van der Waals surface area contributed by atoms with Crippen molar-refractivity contribution in [1.82, 2.24) is 0 Å². The number of halogens is 1. The Morgan fingerprint density at radius 2 is 2.20 bits per heavy atom. The second-order valence-electron chi connectivity index (χ2n) is 3.36. The van der Waals surface area contributed by atoms with Crippen LogP contribution < -0.4 is 0 Å². The van der Waals surface area contributed by atoms with E-state index in [1.54, 1.807) is 6.08 Å². The highest BCUT2D eigenvalue weighted by Crippen LogP contribution is 2.21. The first-order valence-corrected chi connectivity index (χ1v) is 5.51. The molecule has 0 saturated heterocycles. The van der Waals surface area contributed by atoms with Crippen molar-refractivity contribution in [2.24, 2.45) is 5.92 Å². The van der Waals surface area contributed by atoms with E-state index in [4.69, 9.17) is 5.11 Å². The summed E-state index contributed by atoms with van der Waals surface area (Å²) in [5.74, 6) is -1.16. The maximum absolute atomic E-state index is 10.9. The van der Waals surface area contributed by atoms with Gasteiger partial charge in [-0.3, -0.25) is 4.79 Å². The van der Waals surface area contributed by atoms with E-state index in [1.165, 1.54) is 0 Å². The van der Waals surface area contributed by atoms with Crippen LogP contribution in [0.4, 0.5) is 0 Å². The van der Waals surface area contributed by atoms with E-state index < -0.39 is 5.97 Å². The van der Waals surface area contributed by atoms with Crippen LogP contribution in [0.15, 0.2) is 41.4 Å². The SMILES string of the molecule is C=CCC(Cc1ccccc1Br)C(=O)O. The maximum atomic E-state index is 10.9. The van der Waals surface area contributed by atoms with Crippen LogP contribution in [0.5, 0.6) is 0 Å². The molecule has 1 N–H and O–H groups in total. The maximum Gasteiger partial charge on any atom is 0.307 e. The summed E-state index contributed by atoms with van der Waals surface area (Å²) in [6, 6.07) is 7.68. The fourth-order valence-corrected chi connectivity index (χ4v) is 1.85. The minimum absolute atomic E-state index is 0.388. The van der Waals surface area contributed by atoms with Crippen LogP contribution in [0.25, 0.3) is 0 Å². The summed E-state index contributed by atoms with van der Waals surface area (Å²) in [5, 5.41) is 8.99. The van der Waals surface area contributed by atoms with Crippen LogP contribution in [0.2, 0.25) is 0 Å². The van der Waals surface area contributed by atoms with Gasteiger partial charge in [0.2, 0.25) is 0 Å². The Kier molecular flexibility index (Phi) is 4.56. The van der Waals surface area contributed by atoms with E-state index in [9.17, 15) is 4.79 Å². The van der Waals surface area contributed by atoms with Gasteiger partial charge in [0.15, 0.2) is 0 Å². The first-order chi connectivity index (χ1) is 7.15. The molecule has 0 heterocycles. The van der Waals surface area contributed by atoms with Crippen molar-refractivity contribution in [3.8, 4) is 0 Å². The van der Waals surface area contributed by atoms with Gasteiger partial charge in [0.25, 0.3) is 0 Å². The second-order valence-corrected chi connectivity index (χ2v) is 4.21. The zero-order chi connectivity index (χ0) is 11.3. The zero-order valence-electron chi connectivity index (χ0n) is 8.32. The van der Waals surface area contributed by atoms with E-state index >= 15 is 0 Å². The Hall–Kier alpha value is -1.09. The normalized spacial score (nSPS) is 12.1. The number of carboxylic acids is 1. The molecule has 0 amide bonds. The van der Waals surface area contributed by atoms with Crippen molar-refractivity contribution in [3.05, 3.63) is 47.0 Å². The zero-order valence-corrected chi connectivity index (χ0v) is 9.90. The van der Waals surface area contributed by atoms with Crippen molar-refractivity contribution >= 4 is 21.9 Å². The molecule has 0 aliphatic rings. The molecule has 3 heteroatoms. The molecule has 80 valence electrons. The van der Waals surface area contributed by atoms with Crippen molar-refractivity contribution in [1.29, 1.82) is 0 Å². The summed E-state index contributed by atoms with van der Waals surface area (Å²) in [6.07, 6.45) is 2.68. The Balaban J connectivity index is 2.78. The van der Waals surface area contributed by atoms with E-state index in [-0.39, 0.29) is 5.92 Å². The molecule has 0 bridgehead atoms. The van der Waals surface area contributed by atoms with Crippen molar-refractivity contribution in [3.63, 3.8) is 0 Å². The molecule has 1 atom stereocenters. The lowest BCUT2D eigenvalue weighted by molar-refractivity contribution is -0.141. The molecule has 0 aliphatic heterocycles. The smallest absolute Gasteiger partial charge is 0.307 e. The third-order valence-electron chi connectivity index (χ3n) is 2.22. The lowest BCUT2D eigenvalue weighted by Gasteiger charge is -2.10.